The van der Waals surface area contributed by atoms with Crippen molar-refractivity contribution in [2.75, 3.05) is 23.0 Å². The van der Waals surface area contributed by atoms with E-state index in [9.17, 15) is 14.4 Å². The number of nitrogens with zero attached hydrogens (tertiary/aromatic N) is 1. The third kappa shape index (κ3) is 4.82. The van der Waals surface area contributed by atoms with E-state index in [1.165, 1.54) is 13.1 Å². The fraction of sp³-hybridized carbons (Fsp3) is 0.100. The van der Waals surface area contributed by atoms with Crippen molar-refractivity contribution in [3.8, 4) is 0 Å². The fourth-order valence-electron chi connectivity index (χ4n) is 2.65. The normalized spacial score (nSPS) is 10.4. The highest BCUT2D eigenvalue weighted by molar-refractivity contribution is 6.14. The van der Waals surface area contributed by atoms with Gasteiger partial charge in [-0.05, 0) is 42.0 Å². The van der Waals surface area contributed by atoms with Crippen LogP contribution in [-0.2, 0) is 4.79 Å². The van der Waals surface area contributed by atoms with Gasteiger partial charge in [0.1, 0.15) is 0 Å². The lowest BCUT2D eigenvalue weighted by atomic mass is 9.98. The molecule has 0 aliphatic carbocycles. The third-order valence-corrected chi connectivity index (χ3v) is 3.84. The minimum absolute atomic E-state index is 0.195. The van der Waals surface area contributed by atoms with Crippen LogP contribution in [0.15, 0.2) is 48.1 Å². The van der Waals surface area contributed by atoms with Crippen LogP contribution < -0.4 is 21.8 Å². The number of benzene rings is 2. The molecule has 0 aliphatic rings. The molecule has 0 unspecified atom stereocenters. The van der Waals surface area contributed by atoms with E-state index in [4.69, 9.17) is 5.84 Å². The second kappa shape index (κ2) is 9.13. The van der Waals surface area contributed by atoms with E-state index < -0.39 is 0 Å². The van der Waals surface area contributed by atoms with Crippen molar-refractivity contribution in [3.63, 3.8) is 0 Å². The standard InChI is InChI=1S/C20H21N5O3/c1-12(10-23-21)19-15(11-26)8-17(9-18(19)22-3)25-20(28)14-4-6-16(7-5-14)24-13(2)27/h4-11,22H,1,21H2,2-3H3,(H,24,27)(H,25,28)/b23-10-. The van der Waals surface area contributed by atoms with Crippen LogP contribution in [0, 0.1) is 0 Å². The van der Waals surface area contributed by atoms with Gasteiger partial charge in [0, 0.05) is 47.7 Å². The molecule has 0 saturated heterocycles. The summed E-state index contributed by atoms with van der Waals surface area (Å²) in [5.41, 5.74) is 3.35. The van der Waals surface area contributed by atoms with Crippen molar-refractivity contribution in [2.45, 2.75) is 6.92 Å². The van der Waals surface area contributed by atoms with Gasteiger partial charge in [0.2, 0.25) is 5.91 Å². The average Bonchev–Trinajstić information content (AvgIpc) is 2.67. The minimum atomic E-state index is -0.358. The van der Waals surface area contributed by atoms with Crippen LogP contribution in [0.25, 0.3) is 5.57 Å². The topological polar surface area (TPSA) is 126 Å². The first-order valence-corrected chi connectivity index (χ1v) is 8.32. The molecule has 144 valence electrons. The number of amides is 2. The smallest absolute Gasteiger partial charge is 0.255 e. The molecule has 0 aliphatic heterocycles. The molecule has 2 rings (SSSR count). The Labute approximate surface area is 162 Å². The number of hydrogen-bond acceptors (Lipinski definition) is 6. The molecule has 0 aromatic heterocycles. The number of allylic oxidation sites excluding steroid dienone is 1. The number of rotatable bonds is 7. The summed E-state index contributed by atoms with van der Waals surface area (Å²) < 4.78 is 0. The molecule has 0 fully saturated rings. The number of aldehydes is 1. The van der Waals surface area contributed by atoms with Gasteiger partial charge in [0.25, 0.3) is 5.91 Å². The van der Waals surface area contributed by atoms with E-state index in [-0.39, 0.29) is 11.8 Å². The van der Waals surface area contributed by atoms with Gasteiger partial charge in [-0.15, -0.1) is 0 Å². The summed E-state index contributed by atoms with van der Waals surface area (Å²) in [6.45, 7) is 5.26. The molecule has 5 N–H and O–H groups in total. The molecule has 0 atom stereocenters. The summed E-state index contributed by atoms with van der Waals surface area (Å²) in [5.74, 6) is 4.61. The molecular weight excluding hydrogens is 358 g/mol. The largest absolute Gasteiger partial charge is 0.388 e. The molecular formula is C20H21N5O3. The zero-order valence-corrected chi connectivity index (χ0v) is 15.6. The Hall–Kier alpha value is -3.94. The van der Waals surface area contributed by atoms with E-state index in [1.807, 2.05) is 0 Å². The summed E-state index contributed by atoms with van der Waals surface area (Å²) >= 11 is 0. The van der Waals surface area contributed by atoms with Gasteiger partial charge in [0.05, 0.1) is 6.21 Å². The lowest BCUT2D eigenvalue weighted by Gasteiger charge is -2.15. The lowest BCUT2D eigenvalue weighted by molar-refractivity contribution is -0.114. The number of nitrogens with two attached hydrogens (primary N) is 1. The van der Waals surface area contributed by atoms with E-state index >= 15 is 0 Å². The molecule has 0 bridgehead atoms. The quantitative estimate of drug-likeness (QED) is 0.255. The van der Waals surface area contributed by atoms with Crippen molar-refractivity contribution in [2.24, 2.45) is 10.9 Å². The van der Waals surface area contributed by atoms with Gasteiger partial charge in [-0.2, -0.15) is 5.10 Å². The van der Waals surface area contributed by atoms with Crippen molar-refractivity contribution < 1.29 is 14.4 Å². The summed E-state index contributed by atoms with van der Waals surface area (Å²) in [6, 6.07) is 9.67. The SMILES string of the molecule is C=C(/C=N\N)c1c(C=O)cc(NC(=O)c2ccc(NC(C)=O)cc2)cc1NC. The first-order valence-electron chi connectivity index (χ1n) is 8.32. The Morgan fingerprint density at radius 3 is 2.32 bits per heavy atom. The van der Waals surface area contributed by atoms with Crippen molar-refractivity contribution in [1.82, 2.24) is 0 Å². The Morgan fingerprint density at radius 1 is 1.11 bits per heavy atom. The molecule has 8 nitrogen and oxygen atoms in total. The summed E-state index contributed by atoms with van der Waals surface area (Å²) in [5, 5.41) is 11.8. The summed E-state index contributed by atoms with van der Waals surface area (Å²) in [6.07, 6.45) is 2.02. The number of carbonyl (C=O) groups is 3. The summed E-state index contributed by atoms with van der Waals surface area (Å²) in [4.78, 5) is 35.1. The second-order valence-electron chi connectivity index (χ2n) is 5.87. The number of carbonyl (C=O) groups excluding carboxylic acids is 3. The van der Waals surface area contributed by atoms with Crippen LogP contribution in [0.3, 0.4) is 0 Å². The van der Waals surface area contributed by atoms with E-state index in [1.54, 1.807) is 43.4 Å². The molecule has 2 aromatic rings. The molecule has 0 heterocycles. The van der Waals surface area contributed by atoms with Crippen LogP contribution in [0.2, 0.25) is 0 Å². The van der Waals surface area contributed by atoms with Crippen LogP contribution >= 0.6 is 0 Å². The van der Waals surface area contributed by atoms with Gasteiger partial charge in [-0.25, -0.2) is 0 Å². The zero-order valence-electron chi connectivity index (χ0n) is 15.6. The van der Waals surface area contributed by atoms with Crippen LogP contribution in [0.4, 0.5) is 17.1 Å². The highest BCUT2D eigenvalue weighted by Gasteiger charge is 2.14. The first-order chi connectivity index (χ1) is 13.4. The van der Waals surface area contributed by atoms with Gasteiger partial charge < -0.3 is 21.8 Å². The highest BCUT2D eigenvalue weighted by atomic mass is 16.2. The first kappa shape index (κ1) is 20.4. The maximum absolute atomic E-state index is 12.5. The maximum atomic E-state index is 12.5. The van der Waals surface area contributed by atoms with Gasteiger partial charge >= 0.3 is 0 Å². The van der Waals surface area contributed by atoms with Crippen molar-refractivity contribution in [1.29, 1.82) is 0 Å². The molecule has 8 heteroatoms. The lowest BCUT2D eigenvalue weighted by Crippen LogP contribution is -2.13. The molecule has 0 saturated carbocycles. The molecule has 0 spiro atoms. The van der Waals surface area contributed by atoms with Crippen molar-refractivity contribution in [3.05, 3.63) is 59.7 Å². The Kier molecular flexibility index (Phi) is 6.64. The van der Waals surface area contributed by atoms with Crippen LogP contribution in [0.5, 0.6) is 0 Å². The number of nitrogens with one attached hydrogen (secondary N) is 3. The monoisotopic (exact) mass is 379 g/mol. The Morgan fingerprint density at radius 2 is 1.79 bits per heavy atom. The van der Waals surface area contributed by atoms with E-state index in [2.05, 4.69) is 27.6 Å². The van der Waals surface area contributed by atoms with E-state index in [0.717, 1.165) is 0 Å². The van der Waals surface area contributed by atoms with Gasteiger partial charge in [-0.3, -0.25) is 14.4 Å². The minimum Gasteiger partial charge on any atom is -0.388 e. The predicted molar refractivity (Wildman–Crippen MR) is 112 cm³/mol. The Bertz CT molecular complexity index is 949. The molecule has 28 heavy (non-hydrogen) atoms. The molecule has 2 aromatic carbocycles. The van der Waals surface area contributed by atoms with E-state index in [0.29, 0.717) is 45.6 Å². The second-order valence-corrected chi connectivity index (χ2v) is 5.87. The van der Waals surface area contributed by atoms with Gasteiger partial charge in [0.15, 0.2) is 6.29 Å². The van der Waals surface area contributed by atoms with Crippen molar-refractivity contribution >= 4 is 47.0 Å². The maximum Gasteiger partial charge on any atom is 0.255 e. The number of hydrazone groups is 1. The number of anilines is 3. The predicted octanol–water partition coefficient (Wildman–Crippen LogP) is 2.71. The molecule has 2 amide bonds. The highest BCUT2D eigenvalue weighted by Crippen LogP contribution is 2.29. The molecule has 0 radical (unpaired) electrons. The van der Waals surface area contributed by atoms with Crippen LogP contribution in [-0.4, -0.2) is 31.4 Å². The average molecular weight is 379 g/mol. The fourth-order valence-corrected chi connectivity index (χ4v) is 2.65. The third-order valence-electron chi connectivity index (χ3n) is 3.84. The Balaban J connectivity index is 2.30. The summed E-state index contributed by atoms with van der Waals surface area (Å²) in [7, 11) is 1.69. The number of hydrogen-bond donors (Lipinski definition) is 4. The van der Waals surface area contributed by atoms with Gasteiger partial charge in [-0.1, -0.05) is 6.58 Å². The van der Waals surface area contributed by atoms with Crippen LogP contribution in [0.1, 0.15) is 33.2 Å². The zero-order chi connectivity index (χ0) is 20.7.